The van der Waals surface area contributed by atoms with Crippen molar-refractivity contribution in [2.45, 2.75) is 32.2 Å². The van der Waals surface area contributed by atoms with Crippen LogP contribution in [0.25, 0.3) is 11.0 Å². The number of rotatable bonds is 2. The van der Waals surface area contributed by atoms with Gasteiger partial charge in [-0.3, -0.25) is 14.7 Å². The van der Waals surface area contributed by atoms with Gasteiger partial charge in [-0.25, -0.2) is 9.97 Å². The molecule has 4 rings (SSSR count). The standard InChI is InChI=1S/C19H21N7O2/c1-11-6-14(10-21-16(11)20)24-18(27)19(28)26-5-3-2-4-15(26)12-7-13-9-23-25-17(13)22-8-12/h6-10,15H,2-5H2,1H3,(H2,20,21)(H,24,27)(H,22,23,25)/t15-/m0/s1. The number of hydrogen-bond donors (Lipinski definition) is 3. The second kappa shape index (κ2) is 7.26. The Morgan fingerprint density at radius 1 is 1.21 bits per heavy atom. The molecule has 0 spiro atoms. The average molecular weight is 379 g/mol. The maximum Gasteiger partial charge on any atom is 0.313 e. The van der Waals surface area contributed by atoms with E-state index in [1.807, 2.05) is 6.07 Å². The smallest absolute Gasteiger partial charge is 0.313 e. The third-order valence-corrected chi connectivity index (χ3v) is 5.03. The Kier molecular flexibility index (Phi) is 4.64. The first-order valence-corrected chi connectivity index (χ1v) is 9.16. The van der Waals surface area contributed by atoms with Crippen molar-refractivity contribution in [2.24, 2.45) is 0 Å². The molecule has 9 nitrogen and oxygen atoms in total. The van der Waals surface area contributed by atoms with E-state index in [9.17, 15) is 9.59 Å². The maximum atomic E-state index is 12.9. The van der Waals surface area contributed by atoms with Gasteiger partial charge in [-0.05, 0) is 49.4 Å². The summed E-state index contributed by atoms with van der Waals surface area (Å²) in [5.74, 6) is -0.857. The Morgan fingerprint density at radius 2 is 2.07 bits per heavy atom. The number of likely N-dealkylation sites (tertiary alicyclic amines) is 1. The number of pyridine rings is 2. The van der Waals surface area contributed by atoms with Crippen LogP contribution in [0.4, 0.5) is 11.5 Å². The zero-order chi connectivity index (χ0) is 19.7. The minimum Gasteiger partial charge on any atom is -0.383 e. The summed E-state index contributed by atoms with van der Waals surface area (Å²) in [4.78, 5) is 35.4. The Bertz CT molecular complexity index is 1050. The molecule has 4 heterocycles. The predicted molar refractivity (Wildman–Crippen MR) is 104 cm³/mol. The number of fused-ring (bicyclic) bond motifs is 1. The van der Waals surface area contributed by atoms with Crippen LogP contribution in [-0.2, 0) is 9.59 Å². The van der Waals surface area contributed by atoms with E-state index in [0.29, 0.717) is 23.7 Å². The second-order valence-corrected chi connectivity index (χ2v) is 6.97. The van der Waals surface area contributed by atoms with Gasteiger partial charge in [-0.1, -0.05) is 0 Å². The number of aromatic nitrogens is 4. The number of aryl methyl sites for hydroxylation is 1. The SMILES string of the molecule is Cc1cc(NC(=O)C(=O)N2CCCC[C@H]2c2cnc3[nH]ncc3c2)cnc1N. The van der Waals surface area contributed by atoms with Crippen LogP contribution in [0, 0.1) is 6.92 Å². The van der Waals surface area contributed by atoms with E-state index in [1.54, 1.807) is 30.3 Å². The molecule has 1 aliphatic heterocycles. The highest BCUT2D eigenvalue weighted by molar-refractivity contribution is 6.39. The van der Waals surface area contributed by atoms with Gasteiger partial charge < -0.3 is 16.0 Å². The Morgan fingerprint density at radius 3 is 2.89 bits per heavy atom. The van der Waals surface area contributed by atoms with Crippen LogP contribution in [0.15, 0.2) is 30.7 Å². The summed E-state index contributed by atoms with van der Waals surface area (Å²) in [6.07, 6.45) is 7.51. The number of H-pyrrole nitrogens is 1. The van der Waals surface area contributed by atoms with Crippen LogP contribution in [-0.4, -0.2) is 43.4 Å². The normalized spacial score (nSPS) is 16.9. The molecule has 2 amide bonds. The lowest BCUT2D eigenvalue weighted by molar-refractivity contribution is -0.145. The molecule has 4 N–H and O–H groups in total. The molecule has 0 aromatic carbocycles. The van der Waals surface area contributed by atoms with Gasteiger partial charge in [0.15, 0.2) is 5.65 Å². The van der Waals surface area contributed by atoms with Crippen molar-refractivity contribution in [2.75, 3.05) is 17.6 Å². The molecule has 0 saturated carbocycles. The van der Waals surface area contributed by atoms with E-state index >= 15 is 0 Å². The summed E-state index contributed by atoms with van der Waals surface area (Å²) in [6.45, 7) is 2.32. The molecule has 3 aromatic heterocycles. The number of nitrogens with zero attached hydrogens (tertiary/aromatic N) is 4. The molecule has 0 aliphatic carbocycles. The third kappa shape index (κ3) is 3.38. The van der Waals surface area contributed by atoms with Crippen LogP contribution in [0.3, 0.4) is 0 Å². The lowest BCUT2D eigenvalue weighted by Gasteiger charge is -2.35. The van der Waals surface area contributed by atoms with Crippen molar-refractivity contribution in [3.8, 4) is 0 Å². The number of aromatic amines is 1. The summed E-state index contributed by atoms with van der Waals surface area (Å²) >= 11 is 0. The van der Waals surface area contributed by atoms with Crippen LogP contribution in [0.5, 0.6) is 0 Å². The van der Waals surface area contributed by atoms with Crippen molar-refractivity contribution < 1.29 is 9.59 Å². The molecule has 1 atom stereocenters. The minimum atomic E-state index is -0.685. The third-order valence-electron chi connectivity index (χ3n) is 5.03. The van der Waals surface area contributed by atoms with Crippen molar-refractivity contribution in [1.82, 2.24) is 25.1 Å². The summed E-state index contributed by atoms with van der Waals surface area (Å²) < 4.78 is 0. The number of hydrogen-bond acceptors (Lipinski definition) is 6. The first kappa shape index (κ1) is 17.9. The fourth-order valence-electron chi connectivity index (χ4n) is 3.53. The summed E-state index contributed by atoms with van der Waals surface area (Å²) in [5.41, 5.74) is 8.48. The highest BCUT2D eigenvalue weighted by atomic mass is 16.2. The highest BCUT2D eigenvalue weighted by Crippen LogP contribution is 2.32. The van der Waals surface area contributed by atoms with Gasteiger partial charge in [0.2, 0.25) is 0 Å². The maximum absolute atomic E-state index is 12.9. The van der Waals surface area contributed by atoms with Gasteiger partial charge in [-0.2, -0.15) is 5.10 Å². The quantitative estimate of drug-likeness (QED) is 0.583. The number of nitrogen functional groups attached to an aromatic ring is 1. The van der Waals surface area contributed by atoms with E-state index in [0.717, 1.165) is 35.8 Å². The summed E-state index contributed by atoms with van der Waals surface area (Å²) in [7, 11) is 0. The number of anilines is 2. The van der Waals surface area contributed by atoms with Crippen LogP contribution in [0.1, 0.15) is 36.4 Å². The molecule has 1 saturated heterocycles. The Balaban J connectivity index is 1.55. The summed E-state index contributed by atoms with van der Waals surface area (Å²) in [6, 6.07) is 3.47. The molecule has 9 heteroatoms. The monoisotopic (exact) mass is 379 g/mol. The van der Waals surface area contributed by atoms with Crippen LogP contribution < -0.4 is 11.1 Å². The van der Waals surface area contributed by atoms with Gasteiger partial charge in [0, 0.05) is 18.1 Å². The highest BCUT2D eigenvalue weighted by Gasteiger charge is 2.32. The Hall–Kier alpha value is -3.49. The van der Waals surface area contributed by atoms with E-state index in [2.05, 4.69) is 25.5 Å². The number of piperidine rings is 1. The van der Waals surface area contributed by atoms with Gasteiger partial charge in [0.1, 0.15) is 5.82 Å². The molecule has 1 aliphatic rings. The first-order valence-electron chi connectivity index (χ1n) is 9.16. The zero-order valence-electron chi connectivity index (χ0n) is 15.5. The molecule has 3 aromatic rings. The molecule has 144 valence electrons. The fraction of sp³-hybridized carbons (Fsp3) is 0.316. The van der Waals surface area contributed by atoms with Crippen LogP contribution >= 0.6 is 0 Å². The molecule has 0 unspecified atom stereocenters. The molecule has 0 bridgehead atoms. The lowest BCUT2D eigenvalue weighted by atomic mass is 9.95. The molecule has 0 radical (unpaired) electrons. The van der Waals surface area contributed by atoms with E-state index in [-0.39, 0.29) is 6.04 Å². The number of carbonyl (C=O) groups is 2. The van der Waals surface area contributed by atoms with Crippen molar-refractivity contribution >= 4 is 34.4 Å². The number of amides is 2. The van der Waals surface area contributed by atoms with Gasteiger partial charge in [0.05, 0.1) is 24.1 Å². The second-order valence-electron chi connectivity index (χ2n) is 6.97. The minimum absolute atomic E-state index is 0.190. The lowest BCUT2D eigenvalue weighted by Crippen LogP contribution is -2.44. The Labute approximate surface area is 161 Å². The van der Waals surface area contributed by atoms with E-state index in [1.165, 1.54) is 6.20 Å². The van der Waals surface area contributed by atoms with Crippen LogP contribution in [0.2, 0.25) is 0 Å². The number of carbonyl (C=O) groups excluding carboxylic acids is 2. The van der Waals surface area contributed by atoms with Crippen molar-refractivity contribution in [3.63, 3.8) is 0 Å². The molecular formula is C19H21N7O2. The van der Waals surface area contributed by atoms with Crippen molar-refractivity contribution in [1.29, 1.82) is 0 Å². The topological polar surface area (TPSA) is 130 Å². The number of nitrogens with two attached hydrogens (primary N) is 1. The van der Waals surface area contributed by atoms with Gasteiger partial charge in [-0.15, -0.1) is 0 Å². The predicted octanol–water partition coefficient (Wildman–Crippen LogP) is 1.94. The molecule has 28 heavy (non-hydrogen) atoms. The van der Waals surface area contributed by atoms with E-state index < -0.39 is 11.8 Å². The molecule has 1 fully saturated rings. The first-order chi connectivity index (χ1) is 13.5. The van der Waals surface area contributed by atoms with E-state index in [4.69, 9.17) is 5.73 Å². The van der Waals surface area contributed by atoms with Crippen molar-refractivity contribution in [3.05, 3.63) is 41.9 Å². The van der Waals surface area contributed by atoms with Gasteiger partial charge >= 0.3 is 11.8 Å². The average Bonchev–Trinajstić information content (AvgIpc) is 3.18. The zero-order valence-corrected chi connectivity index (χ0v) is 15.5. The number of nitrogens with one attached hydrogen (secondary N) is 2. The van der Waals surface area contributed by atoms with Gasteiger partial charge in [0.25, 0.3) is 0 Å². The largest absolute Gasteiger partial charge is 0.383 e. The summed E-state index contributed by atoms with van der Waals surface area (Å²) in [5, 5.41) is 10.3. The molecular weight excluding hydrogens is 358 g/mol. The fourth-order valence-corrected chi connectivity index (χ4v) is 3.53.